The van der Waals surface area contributed by atoms with Crippen molar-refractivity contribution in [3.05, 3.63) is 40.4 Å². The molecule has 0 aliphatic heterocycles. The van der Waals surface area contributed by atoms with Crippen LogP contribution in [0.2, 0.25) is 0 Å². The summed E-state index contributed by atoms with van der Waals surface area (Å²) in [5.41, 5.74) is 1.72. The van der Waals surface area contributed by atoms with Crippen molar-refractivity contribution in [2.45, 2.75) is 78.1 Å². The maximum atomic E-state index is 13.2. The number of nitrogens with zero attached hydrogens (tertiary/aromatic N) is 1. The third kappa shape index (κ3) is 6.97. The minimum Gasteiger partial charge on any atom is -0.419 e. The molecule has 0 bridgehead atoms. The van der Waals surface area contributed by atoms with E-state index in [1.807, 2.05) is 19.2 Å². The number of hydrogen-bond acceptors (Lipinski definition) is 4. The Hall–Kier alpha value is -2.61. The minimum atomic E-state index is -3.18. The minimum absolute atomic E-state index is 0.0101. The molecule has 1 heterocycles. The van der Waals surface area contributed by atoms with E-state index >= 15 is 0 Å². The van der Waals surface area contributed by atoms with Crippen molar-refractivity contribution in [3.63, 3.8) is 0 Å². The van der Waals surface area contributed by atoms with E-state index in [0.717, 1.165) is 47.5 Å². The summed E-state index contributed by atoms with van der Waals surface area (Å²) in [6, 6.07) is 0. The lowest BCUT2D eigenvalue weighted by atomic mass is 9.95. The molecule has 35 heavy (non-hydrogen) atoms. The van der Waals surface area contributed by atoms with Crippen LogP contribution >= 0.6 is 0 Å². The lowest BCUT2D eigenvalue weighted by molar-refractivity contribution is -0.238. The van der Waals surface area contributed by atoms with Gasteiger partial charge in [-0.3, -0.25) is 9.59 Å². The van der Waals surface area contributed by atoms with Crippen molar-refractivity contribution in [3.8, 4) is 0 Å². The highest BCUT2D eigenvalue weighted by Gasteiger charge is 2.35. The average Bonchev–Trinajstić information content (AvgIpc) is 3.35. The Kier molecular flexibility index (Phi) is 8.14. The highest BCUT2D eigenvalue weighted by atomic mass is 19.3. The fraction of sp³-hybridized carbons (Fsp3) is 0.593. The monoisotopic (exact) mass is 491 g/mol. The molecule has 3 rings (SSSR count). The van der Waals surface area contributed by atoms with Gasteiger partial charge in [-0.1, -0.05) is 13.5 Å². The molecule has 192 valence electrons. The molecule has 0 radical (unpaired) electrons. The number of aromatic nitrogens is 1. The molecule has 1 amide bonds. The Bertz CT molecular complexity index is 1100. The van der Waals surface area contributed by atoms with Gasteiger partial charge in [-0.15, -0.1) is 0 Å². The van der Waals surface area contributed by atoms with Gasteiger partial charge in [-0.2, -0.15) is 8.78 Å². The number of rotatable bonds is 10. The van der Waals surface area contributed by atoms with E-state index in [1.54, 1.807) is 13.8 Å². The predicted molar refractivity (Wildman–Crippen MR) is 131 cm³/mol. The molecule has 1 aromatic heterocycles. The van der Waals surface area contributed by atoms with E-state index in [4.69, 9.17) is 4.74 Å². The van der Waals surface area contributed by atoms with Crippen LogP contribution in [0.15, 0.2) is 17.3 Å². The number of ether oxygens (including phenoxy) is 2. The number of esters is 1. The van der Waals surface area contributed by atoms with E-state index in [9.17, 15) is 18.4 Å². The molecule has 2 aliphatic carbocycles. The molecule has 2 atom stereocenters. The molecule has 1 saturated carbocycles. The van der Waals surface area contributed by atoms with Gasteiger partial charge in [-0.25, -0.2) is 0 Å². The first kappa shape index (κ1) is 27.0. The number of amides is 1. The number of carbonyl (C=O) groups excluding carboxylic acids is 2. The Balaban J connectivity index is 1.59. The summed E-state index contributed by atoms with van der Waals surface area (Å²) >= 11 is 0. The number of allylic oxidation sites excluding steroid dienone is 1. The van der Waals surface area contributed by atoms with Gasteiger partial charge in [0.25, 0.3) is 0 Å². The van der Waals surface area contributed by atoms with Gasteiger partial charge in [0.05, 0.1) is 12.5 Å². The second-order valence-electron chi connectivity index (χ2n) is 10.3. The van der Waals surface area contributed by atoms with Crippen molar-refractivity contribution in [1.29, 1.82) is 0 Å². The molecular formula is C27H37F2N2O4+. The molecule has 1 N–H and O–H groups in total. The van der Waals surface area contributed by atoms with Gasteiger partial charge in [0.1, 0.15) is 6.92 Å². The second-order valence-corrected chi connectivity index (χ2v) is 10.3. The largest absolute Gasteiger partial charge is 0.419 e. The van der Waals surface area contributed by atoms with Crippen LogP contribution in [-0.4, -0.2) is 41.3 Å². The van der Waals surface area contributed by atoms with Crippen LogP contribution in [0.3, 0.4) is 0 Å². The first-order valence-electron chi connectivity index (χ1n) is 12.3. The van der Waals surface area contributed by atoms with E-state index in [-0.39, 0.29) is 30.9 Å². The van der Waals surface area contributed by atoms with Crippen LogP contribution in [-0.2, 0) is 32.0 Å². The number of halogens is 2. The number of alkyl halides is 2. The number of carbonyl (C=O) groups is 2. The molecule has 0 saturated heterocycles. The number of fused-ring (bicyclic) bond motifs is 1. The van der Waals surface area contributed by atoms with Crippen molar-refractivity contribution in [2.24, 2.45) is 11.8 Å². The van der Waals surface area contributed by atoms with Crippen molar-refractivity contribution in [1.82, 2.24) is 9.88 Å². The van der Waals surface area contributed by atoms with Gasteiger partial charge in [0.2, 0.25) is 11.5 Å². The maximum Gasteiger partial charge on any atom is 0.355 e. The molecule has 1 fully saturated rings. The zero-order valence-corrected chi connectivity index (χ0v) is 21.2. The lowest BCUT2D eigenvalue weighted by Gasteiger charge is -2.17. The quantitative estimate of drug-likeness (QED) is 0.310. The Morgan fingerprint density at radius 1 is 1.31 bits per heavy atom. The molecular weight excluding hydrogens is 454 g/mol. The summed E-state index contributed by atoms with van der Waals surface area (Å²) in [4.78, 5) is 25.1. The summed E-state index contributed by atoms with van der Waals surface area (Å²) in [6.07, 6.45) is 3.36. The lowest BCUT2D eigenvalue weighted by Crippen LogP contribution is -2.35. The highest BCUT2D eigenvalue weighted by molar-refractivity contribution is 5.96. The summed E-state index contributed by atoms with van der Waals surface area (Å²) < 4.78 is 38.5. The zero-order valence-electron chi connectivity index (χ0n) is 21.2. The highest BCUT2D eigenvalue weighted by Crippen LogP contribution is 2.33. The zero-order chi connectivity index (χ0) is 26.0. The van der Waals surface area contributed by atoms with E-state index in [0.29, 0.717) is 17.9 Å². The first-order chi connectivity index (χ1) is 16.3. The Morgan fingerprint density at radius 3 is 2.69 bits per heavy atom. The van der Waals surface area contributed by atoms with Crippen molar-refractivity contribution in [2.75, 3.05) is 13.2 Å². The standard InChI is InChI=1S/C27H36F2N2O4/c1-7-27(28,29)34-11-10-30-24(32)22-14-21-16-31(18(3)23(21)12-17(22)2)15-19-8-9-20(13-19)25(33)35-26(4,5)6/h12,16,19-20H,3-4,7-11,13-15H2,1-2,5-6H3/p+1. The molecule has 2 aliphatic rings. The van der Waals surface area contributed by atoms with E-state index < -0.39 is 18.1 Å². The molecule has 8 heteroatoms. The second kappa shape index (κ2) is 10.6. The predicted octanol–water partition coefficient (Wildman–Crippen LogP) is 3.26. The van der Waals surface area contributed by atoms with E-state index in [1.165, 1.54) is 6.92 Å². The van der Waals surface area contributed by atoms with Gasteiger partial charge >= 0.3 is 12.1 Å². The summed E-state index contributed by atoms with van der Waals surface area (Å²) in [5, 5.41) is 4.58. The van der Waals surface area contributed by atoms with Gasteiger partial charge in [0.15, 0.2) is 0 Å². The normalized spacial score (nSPS) is 20.4. The number of hydrogen-bond donors (Lipinski definition) is 1. The summed E-state index contributed by atoms with van der Waals surface area (Å²) in [7, 11) is 0. The molecule has 0 spiro atoms. The molecule has 2 unspecified atom stereocenters. The van der Waals surface area contributed by atoms with Crippen LogP contribution in [0.1, 0.15) is 58.9 Å². The third-order valence-electron chi connectivity index (χ3n) is 6.61. The Labute approximate surface area is 206 Å². The van der Waals surface area contributed by atoms with Crippen LogP contribution in [0, 0.1) is 18.8 Å². The van der Waals surface area contributed by atoms with Crippen LogP contribution < -0.4 is 15.9 Å². The molecule has 0 aromatic carbocycles. The fourth-order valence-electron chi connectivity index (χ4n) is 4.71. The van der Waals surface area contributed by atoms with E-state index in [2.05, 4.69) is 28.1 Å². The fourth-order valence-corrected chi connectivity index (χ4v) is 4.71. The summed E-state index contributed by atoms with van der Waals surface area (Å²) in [5.74, 6) is -0.224. The maximum absolute atomic E-state index is 13.2. The van der Waals surface area contributed by atoms with Crippen molar-refractivity contribution >= 4 is 24.5 Å². The Morgan fingerprint density at radius 2 is 2.03 bits per heavy atom. The smallest absolute Gasteiger partial charge is 0.355 e. The average molecular weight is 492 g/mol. The first-order valence-corrected chi connectivity index (χ1v) is 12.3. The SMILES string of the molecule is C=c1c2c(cn1CC1CCC(C(=O)OC([CH2+])(C)C)C1)CC(C(=O)NCCOC(F)(F)CC)=C(C)C=2. The molecule has 6 nitrogen and oxygen atoms in total. The molecule has 1 aromatic rings. The van der Waals surface area contributed by atoms with Crippen molar-refractivity contribution < 1.29 is 27.8 Å². The van der Waals surface area contributed by atoms with Crippen LogP contribution in [0.4, 0.5) is 8.78 Å². The van der Waals surface area contributed by atoms with Crippen LogP contribution in [0.5, 0.6) is 0 Å². The van der Waals surface area contributed by atoms with Gasteiger partial charge in [0, 0.05) is 62.1 Å². The summed E-state index contributed by atoms with van der Waals surface area (Å²) in [6.45, 7) is 15.4. The topological polar surface area (TPSA) is 69.6 Å². The number of nitrogens with one attached hydrogen (secondary N) is 1. The van der Waals surface area contributed by atoms with Gasteiger partial charge in [-0.05, 0) is 49.3 Å². The van der Waals surface area contributed by atoms with Crippen LogP contribution in [0.25, 0.3) is 12.7 Å². The third-order valence-corrected chi connectivity index (χ3v) is 6.61. The van der Waals surface area contributed by atoms with Gasteiger partial charge < -0.3 is 19.4 Å².